The van der Waals surface area contributed by atoms with Gasteiger partial charge in [-0.3, -0.25) is 4.79 Å². The van der Waals surface area contributed by atoms with E-state index in [1.807, 2.05) is 0 Å². The average Bonchev–Trinajstić information content (AvgIpc) is 2.55. The van der Waals surface area contributed by atoms with Crippen LogP contribution in [-0.2, 0) is 19.7 Å². The van der Waals surface area contributed by atoms with Crippen molar-refractivity contribution in [2.24, 2.45) is 5.92 Å². The van der Waals surface area contributed by atoms with Crippen molar-refractivity contribution in [3.63, 3.8) is 0 Å². The molecular weight excluding hydrogens is 304 g/mol. The van der Waals surface area contributed by atoms with Gasteiger partial charge >= 0.3 is 5.97 Å². The second-order valence-electron chi connectivity index (χ2n) is 5.95. The van der Waals surface area contributed by atoms with Gasteiger partial charge in [0.15, 0.2) is 0 Å². The van der Waals surface area contributed by atoms with Crippen LogP contribution in [0.4, 0.5) is 0 Å². The minimum atomic E-state index is -3.44. The number of allylic oxidation sites excluding steroid dienone is 1. The molecule has 1 aliphatic heterocycles. The van der Waals surface area contributed by atoms with Crippen LogP contribution in [0.15, 0.2) is 11.6 Å². The van der Waals surface area contributed by atoms with E-state index in [0.29, 0.717) is 32.5 Å². The predicted octanol–water partition coefficient (Wildman–Crippen LogP) is 1.60. The monoisotopic (exact) mass is 330 g/mol. The van der Waals surface area contributed by atoms with Gasteiger partial charge in [0.2, 0.25) is 0 Å². The molecule has 1 saturated heterocycles. The number of rotatable bonds is 6. The molecule has 0 radical (unpaired) electrons. The van der Waals surface area contributed by atoms with E-state index in [9.17, 15) is 13.2 Å². The average molecular weight is 330 g/mol. The van der Waals surface area contributed by atoms with Gasteiger partial charge in [-0.15, -0.1) is 0 Å². The molecule has 0 atom stereocenters. The van der Waals surface area contributed by atoms with Gasteiger partial charge in [-0.2, -0.15) is 12.7 Å². The van der Waals surface area contributed by atoms with Gasteiger partial charge in [-0.1, -0.05) is 11.6 Å². The molecule has 2 rings (SSSR count). The Morgan fingerprint density at radius 3 is 2.68 bits per heavy atom. The lowest BCUT2D eigenvalue weighted by Gasteiger charge is -2.29. The van der Waals surface area contributed by atoms with Gasteiger partial charge in [0.25, 0.3) is 10.2 Å². The van der Waals surface area contributed by atoms with E-state index in [-0.39, 0.29) is 11.9 Å². The van der Waals surface area contributed by atoms with E-state index in [1.165, 1.54) is 29.8 Å². The van der Waals surface area contributed by atoms with Crippen LogP contribution in [0.3, 0.4) is 0 Å². The molecule has 0 aromatic rings. The Morgan fingerprint density at radius 2 is 2.09 bits per heavy atom. The molecule has 0 aromatic carbocycles. The molecule has 1 fully saturated rings. The number of methoxy groups -OCH3 is 1. The molecule has 0 aromatic heterocycles. The lowest BCUT2D eigenvalue weighted by molar-refractivity contribution is -0.146. The maximum absolute atomic E-state index is 12.3. The Balaban J connectivity index is 1.76. The van der Waals surface area contributed by atoms with Crippen LogP contribution in [0.5, 0.6) is 0 Å². The number of piperidine rings is 1. The molecule has 1 aliphatic carbocycles. The lowest BCUT2D eigenvalue weighted by Crippen LogP contribution is -2.46. The van der Waals surface area contributed by atoms with Crippen molar-refractivity contribution in [1.82, 2.24) is 9.03 Å². The number of esters is 1. The summed E-state index contributed by atoms with van der Waals surface area (Å²) >= 11 is 0. The first-order chi connectivity index (χ1) is 10.5. The summed E-state index contributed by atoms with van der Waals surface area (Å²) in [5, 5.41) is 0. The van der Waals surface area contributed by atoms with Crippen LogP contribution in [0.2, 0.25) is 0 Å². The van der Waals surface area contributed by atoms with Crippen LogP contribution in [0.25, 0.3) is 0 Å². The summed E-state index contributed by atoms with van der Waals surface area (Å²) in [6.07, 6.45) is 8.73. The first-order valence-electron chi connectivity index (χ1n) is 8.03. The number of nitrogens with one attached hydrogen (secondary N) is 1. The van der Waals surface area contributed by atoms with Crippen LogP contribution < -0.4 is 4.72 Å². The van der Waals surface area contributed by atoms with Crippen molar-refractivity contribution >= 4 is 16.2 Å². The molecule has 0 saturated carbocycles. The number of hydrogen-bond donors (Lipinski definition) is 1. The van der Waals surface area contributed by atoms with E-state index in [4.69, 9.17) is 4.74 Å². The van der Waals surface area contributed by atoms with E-state index in [0.717, 1.165) is 19.3 Å². The van der Waals surface area contributed by atoms with E-state index >= 15 is 0 Å². The van der Waals surface area contributed by atoms with Crippen molar-refractivity contribution in [2.45, 2.75) is 44.9 Å². The fourth-order valence-electron chi connectivity index (χ4n) is 3.06. The largest absolute Gasteiger partial charge is 0.469 e. The Hall–Kier alpha value is -0.920. The summed E-state index contributed by atoms with van der Waals surface area (Å²) in [6.45, 7) is 1.20. The molecule has 22 heavy (non-hydrogen) atoms. The normalized spacial score (nSPS) is 21.4. The van der Waals surface area contributed by atoms with Crippen LogP contribution in [0.1, 0.15) is 44.9 Å². The molecule has 0 spiro atoms. The van der Waals surface area contributed by atoms with Crippen molar-refractivity contribution < 1.29 is 17.9 Å². The molecule has 0 amide bonds. The number of ether oxygens (including phenoxy) is 1. The Kier molecular flexibility index (Phi) is 6.40. The zero-order valence-electron chi connectivity index (χ0n) is 13.2. The van der Waals surface area contributed by atoms with Crippen molar-refractivity contribution in [3.05, 3.63) is 11.6 Å². The zero-order valence-corrected chi connectivity index (χ0v) is 14.0. The molecule has 0 unspecified atom stereocenters. The molecule has 6 nitrogen and oxygen atoms in total. The lowest BCUT2D eigenvalue weighted by atomic mass is 9.97. The molecule has 126 valence electrons. The van der Waals surface area contributed by atoms with Crippen LogP contribution in [0, 0.1) is 5.92 Å². The maximum atomic E-state index is 12.3. The Bertz CT molecular complexity index is 508. The highest BCUT2D eigenvalue weighted by atomic mass is 32.2. The summed E-state index contributed by atoms with van der Waals surface area (Å²) in [4.78, 5) is 11.5. The summed E-state index contributed by atoms with van der Waals surface area (Å²) in [6, 6.07) is 0. The fourth-order valence-corrected chi connectivity index (χ4v) is 4.30. The highest BCUT2D eigenvalue weighted by Crippen LogP contribution is 2.21. The number of nitrogens with zero attached hydrogens (tertiary/aromatic N) is 1. The van der Waals surface area contributed by atoms with Crippen LogP contribution in [-0.4, -0.2) is 45.4 Å². The summed E-state index contributed by atoms with van der Waals surface area (Å²) in [5.41, 5.74) is 1.36. The third-order valence-corrected chi connectivity index (χ3v) is 6.06. The maximum Gasteiger partial charge on any atom is 0.308 e. The van der Waals surface area contributed by atoms with E-state index in [1.54, 1.807) is 0 Å². The van der Waals surface area contributed by atoms with Crippen molar-refractivity contribution in [1.29, 1.82) is 0 Å². The molecule has 1 heterocycles. The van der Waals surface area contributed by atoms with Crippen molar-refractivity contribution in [2.75, 3.05) is 26.7 Å². The summed E-state index contributed by atoms with van der Waals surface area (Å²) in [7, 11) is -2.07. The fraction of sp³-hybridized carbons (Fsp3) is 0.800. The predicted molar refractivity (Wildman–Crippen MR) is 84.4 cm³/mol. The third-order valence-electron chi connectivity index (χ3n) is 4.44. The highest BCUT2D eigenvalue weighted by Gasteiger charge is 2.31. The summed E-state index contributed by atoms with van der Waals surface area (Å²) in [5.74, 6) is -0.418. The first-order valence-corrected chi connectivity index (χ1v) is 9.47. The van der Waals surface area contributed by atoms with E-state index in [2.05, 4.69) is 10.8 Å². The molecule has 2 aliphatic rings. The number of carbonyl (C=O) groups is 1. The van der Waals surface area contributed by atoms with Gasteiger partial charge in [0.05, 0.1) is 13.0 Å². The molecule has 0 bridgehead atoms. The van der Waals surface area contributed by atoms with Gasteiger partial charge in [-0.05, 0) is 44.9 Å². The Morgan fingerprint density at radius 1 is 1.36 bits per heavy atom. The minimum absolute atomic E-state index is 0.177. The number of hydrogen-bond acceptors (Lipinski definition) is 4. The van der Waals surface area contributed by atoms with Gasteiger partial charge in [0, 0.05) is 19.6 Å². The quantitative estimate of drug-likeness (QED) is 0.593. The standard InChI is InChI=1S/C15H26N2O4S/c1-21-15(18)14-8-11-17(12-9-14)22(19,20)16-10-7-13-5-3-2-4-6-13/h5,14,16H,2-4,6-12H2,1H3. The van der Waals surface area contributed by atoms with Crippen LogP contribution >= 0.6 is 0 Å². The highest BCUT2D eigenvalue weighted by molar-refractivity contribution is 7.87. The zero-order chi connectivity index (χ0) is 16.0. The SMILES string of the molecule is COC(=O)C1CCN(S(=O)(=O)NCCC2=CCCCC2)CC1. The first kappa shape index (κ1) is 17.4. The molecular formula is C15H26N2O4S. The van der Waals surface area contributed by atoms with Gasteiger partial charge in [0.1, 0.15) is 0 Å². The van der Waals surface area contributed by atoms with Crippen molar-refractivity contribution in [3.8, 4) is 0 Å². The second-order valence-corrected chi connectivity index (χ2v) is 7.71. The second kappa shape index (κ2) is 8.08. The topological polar surface area (TPSA) is 75.7 Å². The smallest absolute Gasteiger partial charge is 0.308 e. The Labute approximate surface area is 133 Å². The summed E-state index contributed by atoms with van der Waals surface area (Å²) < 4.78 is 33.3. The minimum Gasteiger partial charge on any atom is -0.469 e. The third kappa shape index (κ3) is 4.79. The molecule has 1 N–H and O–H groups in total. The van der Waals surface area contributed by atoms with Gasteiger partial charge < -0.3 is 4.74 Å². The van der Waals surface area contributed by atoms with E-state index < -0.39 is 10.2 Å². The van der Waals surface area contributed by atoms with Gasteiger partial charge in [-0.25, -0.2) is 4.72 Å². The number of carbonyl (C=O) groups excluding carboxylic acids is 1. The molecule has 7 heteroatoms.